The average Bonchev–Trinajstić information content (AvgIpc) is 2.80. The normalized spacial score (nSPS) is 18.6. The van der Waals surface area contributed by atoms with E-state index in [1.165, 1.54) is 19.4 Å². The number of halogens is 2. The number of hydrogen-bond acceptors (Lipinski definition) is 4. The van der Waals surface area contributed by atoms with Crippen molar-refractivity contribution in [3.8, 4) is 0 Å². The molecule has 2 saturated heterocycles. The summed E-state index contributed by atoms with van der Waals surface area (Å²) in [4.78, 5) is 39.6. The number of likely N-dealkylation sites (tertiary alicyclic amines) is 1. The summed E-state index contributed by atoms with van der Waals surface area (Å²) in [7, 11) is 0. The molecule has 9 heteroatoms. The Labute approximate surface area is 198 Å². The molecular weight excluding hydrogens is 453 g/mol. The van der Waals surface area contributed by atoms with Gasteiger partial charge in [-0.15, -0.1) is 0 Å². The number of hydrogen-bond donors (Lipinski definition) is 2. The van der Waals surface area contributed by atoms with E-state index in [4.69, 9.17) is 28.3 Å². The molecule has 2 heterocycles. The summed E-state index contributed by atoms with van der Waals surface area (Å²) >= 11 is 13.0. The molecule has 2 fully saturated rings. The van der Waals surface area contributed by atoms with Gasteiger partial charge in [-0.3, -0.25) is 14.4 Å². The van der Waals surface area contributed by atoms with Crippen molar-refractivity contribution in [3.05, 3.63) is 33.8 Å². The van der Waals surface area contributed by atoms with Gasteiger partial charge in [-0.1, -0.05) is 29.3 Å². The minimum absolute atomic E-state index is 0.157. The van der Waals surface area contributed by atoms with Gasteiger partial charge in [0.1, 0.15) is 6.04 Å². The van der Waals surface area contributed by atoms with E-state index in [0.29, 0.717) is 41.5 Å². The number of carbonyl (C=O) groups is 3. The summed E-state index contributed by atoms with van der Waals surface area (Å²) in [5, 5.41) is 12.4. The monoisotopic (exact) mass is 481 g/mol. The molecule has 32 heavy (non-hydrogen) atoms. The number of nitrogens with one attached hydrogen (secondary N) is 1. The molecule has 2 amide bonds. The second-order valence-electron chi connectivity index (χ2n) is 8.35. The molecule has 0 radical (unpaired) electrons. The van der Waals surface area contributed by atoms with Crippen molar-refractivity contribution >= 4 is 52.7 Å². The van der Waals surface area contributed by atoms with E-state index in [0.717, 1.165) is 31.6 Å². The number of benzene rings is 1. The molecule has 174 valence electrons. The third kappa shape index (κ3) is 5.95. The van der Waals surface area contributed by atoms with Crippen LogP contribution >= 0.6 is 23.2 Å². The molecular formula is C23H29Cl2N3O4. The highest BCUT2D eigenvalue weighted by Crippen LogP contribution is 2.37. The van der Waals surface area contributed by atoms with E-state index in [1.807, 2.05) is 12.1 Å². The van der Waals surface area contributed by atoms with Crippen molar-refractivity contribution in [2.75, 3.05) is 31.1 Å². The fourth-order valence-corrected chi connectivity index (χ4v) is 4.60. The van der Waals surface area contributed by atoms with Crippen LogP contribution in [0.25, 0.3) is 6.08 Å². The number of carboxylic acids is 1. The van der Waals surface area contributed by atoms with Crippen LogP contribution in [0.2, 0.25) is 10.0 Å². The van der Waals surface area contributed by atoms with E-state index in [2.05, 4.69) is 10.2 Å². The van der Waals surface area contributed by atoms with Crippen molar-refractivity contribution in [2.45, 2.75) is 45.1 Å². The summed E-state index contributed by atoms with van der Waals surface area (Å²) < 4.78 is 0. The van der Waals surface area contributed by atoms with Crippen molar-refractivity contribution in [1.82, 2.24) is 10.2 Å². The van der Waals surface area contributed by atoms with Gasteiger partial charge in [-0.25, -0.2) is 0 Å². The van der Waals surface area contributed by atoms with Gasteiger partial charge >= 0.3 is 5.97 Å². The molecule has 0 spiro atoms. The zero-order valence-electron chi connectivity index (χ0n) is 18.2. The smallest absolute Gasteiger partial charge is 0.325 e. The Bertz CT molecular complexity index is 891. The van der Waals surface area contributed by atoms with Gasteiger partial charge in [-0.05, 0) is 56.7 Å². The van der Waals surface area contributed by atoms with Gasteiger partial charge in [0.25, 0.3) is 0 Å². The lowest BCUT2D eigenvalue weighted by atomic mass is 9.95. The highest BCUT2D eigenvalue weighted by atomic mass is 35.5. The van der Waals surface area contributed by atoms with E-state index >= 15 is 0 Å². The average molecular weight is 482 g/mol. The maximum Gasteiger partial charge on any atom is 0.325 e. The molecule has 0 unspecified atom stereocenters. The Balaban J connectivity index is 1.56. The largest absolute Gasteiger partial charge is 0.480 e. The van der Waals surface area contributed by atoms with Crippen LogP contribution in [0.3, 0.4) is 0 Å². The number of aliphatic carboxylic acids is 1. The van der Waals surface area contributed by atoms with Gasteiger partial charge in [0.05, 0.1) is 15.7 Å². The molecule has 0 aliphatic carbocycles. The molecule has 1 atom stereocenters. The highest BCUT2D eigenvalue weighted by Gasteiger charge is 2.28. The fourth-order valence-electron chi connectivity index (χ4n) is 4.08. The van der Waals surface area contributed by atoms with Crippen LogP contribution in [-0.2, 0) is 14.4 Å². The van der Waals surface area contributed by atoms with Gasteiger partial charge < -0.3 is 20.2 Å². The first-order chi connectivity index (χ1) is 15.3. The van der Waals surface area contributed by atoms with Crippen molar-refractivity contribution in [2.24, 2.45) is 5.92 Å². The number of piperidine rings is 2. The first-order valence-electron chi connectivity index (χ1n) is 11.0. The molecule has 0 bridgehead atoms. The van der Waals surface area contributed by atoms with Gasteiger partial charge in [0.2, 0.25) is 11.8 Å². The third-order valence-corrected chi connectivity index (χ3v) is 6.99. The maximum absolute atomic E-state index is 12.6. The van der Waals surface area contributed by atoms with Crippen molar-refractivity contribution in [1.29, 1.82) is 0 Å². The van der Waals surface area contributed by atoms with Crippen molar-refractivity contribution < 1.29 is 19.5 Å². The SMILES string of the molecule is C[C@H](NC(=O)C1CCN(C(=O)/C=C/c2ccc(N3CCCCC3)c(Cl)c2Cl)CC1)C(=O)O. The summed E-state index contributed by atoms with van der Waals surface area (Å²) in [6, 6.07) is 2.90. The van der Waals surface area contributed by atoms with Crippen LogP contribution in [0.4, 0.5) is 5.69 Å². The third-order valence-electron chi connectivity index (χ3n) is 6.10. The van der Waals surface area contributed by atoms with Crippen LogP contribution in [0.1, 0.15) is 44.6 Å². The first kappa shape index (κ1) is 24.4. The number of carboxylic acid groups (broad SMARTS) is 1. The van der Waals surface area contributed by atoms with E-state index < -0.39 is 12.0 Å². The van der Waals surface area contributed by atoms with Gasteiger partial charge in [-0.2, -0.15) is 0 Å². The van der Waals surface area contributed by atoms with Crippen LogP contribution in [0.15, 0.2) is 18.2 Å². The number of rotatable bonds is 6. The van der Waals surface area contributed by atoms with E-state index in [-0.39, 0.29) is 17.7 Å². The van der Waals surface area contributed by atoms with Crippen LogP contribution in [0, 0.1) is 5.92 Å². The first-order valence-corrected chi connectivity index (χ1v) is 11.8. The Morgan fingerprint density at radius 3 is 2.34 bits per heavy atom. The maximum atomic E-state index is 12.6. The van der Waals surface area contributed by atoms with E-state index in [1.54, 1.807) is 11.0 Å². The van der Waals surface area contributed by atoms with Gasteiger partial charge in [0, 0.05) is 38.2 Å². The lowest BCUT2D eigenvalue weighted by Gasteiger charge is -2.31. The lowest BCUT2D eigenvalue weighted by Crippen LogP contribution is -2.46. The predicted octanol–water partition coefficient (Wildman–Crippen LogP) is 3.82. The molecule has 0 aromatic heterocycles. The quantitative estimate of drug-likeness (QED) is 0.602. The molecule has 0 saturated carbocycles. The highest BCUT2D eigenvalue weighted by molar-refractivity contribution is 6.44. The zero-order valence-corrected chi connectivity index (χ0v) is 19.7. The van der Waals surface area contributed by atoms with Crippen LogP contribution in [-0.4, -0.2) is 60.0 Å². The Hall–Kier alpha value is -2.25. The predicted molar refractivity (Wildman–Crippen MR) is 126 cm³/mol. The standard InChI is InChI=1S/C23H29Cl2N3O4/c1-15(23(31)32)26-22(30)17-9-13-28(14-10-17)19(29)8-6-16-5-7-18(21(25)20(16)24)27-11-3-2-4-12-27/h5-8,15,17H,2-4,9-14H2,1H3,(H,26,30)(H,31,32)/b8-6+/t15-/m0/s1. The fraction of sp³-hybridized carbons (Fsp3) is 0.522. The Morgan fingerprint density at radius 2 is 1.72 bits per heavy atom. The molecule has 1 aromatic rings. The number of carbonyl (C=O) groups excluding carboxylic acids is 2. The number of amides is 2. The summed E-state index contributed by atoms with van der Waals surface area (Å²) in [5.41, 5.74) is 1.61. The second-order valence-corrected chi connectivity index (χ2v) is 9.11. The molecule has 3 rings (SSSR count). The Morgan fingerprint density at radius 1 is 1.06 bits per heavy atom. The minimum atomic E-state index is -1.07. The zero-order chi connectivity index (χ0) is 23.3. The number of nitrogens with zero attached hydrogens (tertiary/aromatic N) is 2. The minimum Gasteiger partial charge on any atom is -0.480 e. The van der Waals surface area contributed by atoms with E-state index in [9.17, 15) is 14.4 Å². The van der Waals surface area contributed by atoms with Gasteiger partial charge in [0.15, 0.2) is 0 Å². The summed E-state index contributed by atoms with van der Waals surface area (Å²) in [6.07, 6.45) is 7.65. The molecule has 1 aromatic carbocycles. The van der Waals surface area contributed by atoms with Crippen LogP contribution < -0.4 is 10.2 Å². The Kier molecular flexibility index (Phi) is 8.43. The second kappa shape index (κ2) is 11.1. The molecule has 2 aliphatic rings. The summed E-state index contributed by atoms with van der Waals surface area (Å²) in [5.74, 6) is -1.80. The van der Waals surface area contributed by atoms with Crippen molar-refractivity contribution in [3.63, 3.8) is 0 Å². The molecule has 2 aliphatic heterocycles. The molecule has 2 N–H and O–H groups in total. The summed E-state index contributed by atoms with van der Waals surface area (Å²) in [6.45, 7) is 4.23. The number of anilines is 1. The lowest BCUT2D eigenvalue weighted by molar-refractivity contribution is -0.142. The topological polar surface area (TPSA) is 90.0 Å². The molecule has 7 nitrogen and oxygen atoms in total. The van der Waals surface area contributed by atoms with Crippen LogP contribution in [0.5, 0.6) is 0 Å².